The first-order valence-corrected chi connectivity index (χ1v) is 6.12. The average molecular weight is 250 g/mol. The number of aromatic nitrogens is 2. The van der Waals surface area contributed by atoms with Crippen LogP contribution in [0.5, 0.6) is 0 Å². The van der Waals surface area contributed by atoms with Crippen molar-refractivity contribution >= 4 is 11.9 Å². The van der Waals surface area contributed by atoms with Crippen LogP contribution in [0.3, 0.4) is 0 Å². The highest BCUT2D eigenvalue weighted by molar-refractivity contribution is 5.90. The largest absolute Gasteiger partial charge is 0.393 e. The lowest BCUT2D eigenvalue weighted by molar-refractivity contribution is -0.118. The molecule has 6 nitrogen and oxygen atoms in total. The number of nitrogens with zero attached hydrogens (tertiary/aromatic N) is 3. The zero-order valence-corrected chi connectivity index (χ0v) is 10.4. The SMILES string of the molecule is CC1CN(CC(=O)Nc2ncccn2)CCC1O. The molecular formula is C12H18N4O2. The van der Waals surface area contributed by atoms with Crippen molar-refractivity contribution in [2.75, 3.05) is 25.0 Å². The Balaban J connectivity index is 1.81. The Bertz CT molecular complexity index is 398. The summed E-state index contributed by atoms with van der Waals surface area (Å²) in [6.07, 6.45) is 3.64. The molecule has 2 atom stereocenters. The number of rotatable bonds is 3. The number of aliphatic hydroxyl groups excluding tert-OH is 1. The van der Waals surface area contributed by atoms with E-state index >= 15 is 0 Å². The van der Waals surface area contributed by atoms with Gasteiger partial charge in [0, 0.05) is 25.5 Å². The van der Waals surface area contributed by atoms with E-state index in [-0.39, 0.29) is 17.9 Å². The second-order valence-electron chi connectivity index (χ2n) is 4.69. The molecule has 0 bridgehead atoms. The van der Waals surface area contributed by atoms with Gasteiger partial charge in [-0.2, -0.15) is 0 Å². The van der Waals surface area contributed by atoms with Gasteiger partial charge in [-0.3, -0.25) is 15.0 Å². The summed E-state index contributed by atoms with van der Waals surface area (Å²) < 4.78 is 0. The van der Waals surface area contributed by atoms with Crippen molar-refractivity contribution in [3.05, 3.63) is 18.5 Å². The molecular weight excluding hydrogens is 232 g/mol. The lowest BCUT2D eigenvalue weighted by atomic mass is 9.97. The third kappa shape index (κ3) is 3.48. The maximum absolute atomic E-state index is 11.8. The number of hydrogen-bond donors (Lipinski definition) is 2. The standard InChI is InChI=1S/C12H18N4O2/c1-9-7-16(6-3-10(9)17)8-11(18)15-12-13-4-2-5-14-12/h2,4-5,9-10,17H,3,6-8H2,1H3,(H,13,14,15,18). The maximum Gasteiger partial charge on any atom is 0.240 e. The lowest BCUT2D eigenvalue weighted by Gasteiger charge is -2.33. The van der Waals surface area contributed by atoms with Crippen molar-refractivity contribution in [3.63, 3.8) is 0 Å². The van der Waals surface area contributed by atoms with Crippen molar-refractivity contribution in [2.45, 2.75) is 19.4 Å². The first-order chi connectivity index (χ1) is 8.65. The Morgan fingerprint density at radius 2 is 2.28 bits per heavy atom. The van der Waals surface area contributed by atoms with Crippen LogP contribution < -0.4 is 5.32 Å². The Morgan fingerprint density at radius 1 is 1.56 bits per heavy atom. The molecule has 0 aliphatic carbocycles. The van der Waals surface area contributed by atoms with Crippen LogP contribution in [0.4, 0.5) is 5.95 Å². The molecule has 2 unspecified atom stereocenters. The van der Waals surface area contributed by atoms with Crippen molar-refractivity contribution in [1.29, 1.82) is 0 Å². The van der Waals surface area contributed by atoms with Crippen LogP contribution in [0.15, 0.2) is 18.5 Å². The monoisotopic (exact) mass is 250 g/mol. The van der Waals surface area contributed by atoms with Gasteiger partial charge >= 0.3 is 0 Å². The summed E-state index contributed by atoms with van der Waals surface area (Å²) in [4.78, 5) is 21.7. The van der Waals surface area contributed by atoms with Crippen molar-refractivity contribution in [1.82, 2.24) is 14.9 Å². The minimum Gasteiger partial charge on any atom is -0.393 e. The molecule has 1 fully saturated rings. The molecule has 1 aliphatic rings. The number of anilines is 1. The molecule has 0 saturated carbocycles. The first-order valence-electron chi connectivity index (χ1n) is 6.12. The molecule has 2 heterocycles. The number of piperidine rings is 1. The zero-order valence-electron chi connectivity index (χ0n) is 10.4. The van der Waals surface area contributed by atoms with Crippen LogP contribution in [0, 0.1) is 5.92 Å². The number of aliphatic hydroxyl groups is 1. The average Bonchev–Trinajstić information content (AvgIpc) is 2.35. The van der Waals surface area contributed by atoms with Crippen LogP contribution in [0.2, 0.25) is 0 Å². The molecule has 1 saturated heterocycles. The predicted molar refractivity (Wildman–Crippen MR) is 66.9 cm³/mol. The summed E-state index contributed by atoms with van der Waals surface area (Å²) in [5, 5.41) is 12.3. The van der Waals surface area contributed by atoms with Gasteiger partial charge in [-0.05, 0) is 18.4 Å². The minimum absolute atomic E-state index is 0.121. The van der Waals surface area contributed by atoms with E-state index in [0.717, 1.165) is 19.5 Å². The molecule has 2 rings (SSSR count). The van der Waals surface area contributed by atoms with E-state index in [4.69, 9.17) is 0 Å². The number of likely N-dealkylation sites (tertiary alicyclic amines) is 1. The van der Waals surface area contributed by atoms with Gasteiger partial charge in [0.1, 0.15) is 0 Å². The maximum atomic E-state index is 11.8. The van der Waals surface area contributed by atoms with Gasteiger partial charge in [-0.1, -0.05) is 6.92 Å². The van der Waals surface area contributed by atoms with Crippen molar-refractivity contribution < 1.29 is 9.90 Å². The molecule has 2 N–H and O–H groups in total. The smallest absolute Gasteiger partial charge is 0.240 e. The molecule has 18 heavy (non-hydrogen) atoms. The van der Waals surface area contributed by atoms with Gasteiger partial charge in [0.25, 0.3) is 0 Å². The van der Waals surface area contributed by atoms with E-state index < -0.39 is 0 Å². The summed E-state index contributed by atoms with van der Waals surface area (Å²) in [6, 6.07) is 1.70. The van der Waals surface area contributed by atoms with Gasteiger partial charge < -0.3 is 5.11 Å². The summed E-state index contributed by atoms with van der Waals surface area (Å²) in [6.45, 7) is 3.79. The molecule has 0 spiro atoms. The summed E-state index contributed by atoms with van der Waals surface area (Å²) >= 11 is 0. The van der Waals surface area contributed by atoms with Crippen LogP contribution in [0.25, 0.3) is 0 Å². The molecule has 1 aliphatic heterocycles. The molecule has 0 aromatic carbocycles. The summed E-state index contributed by atoms with van der Waals surface area (Å²) in [7, 11) is 0. The third-order valence-corrected chi connectivity index (χ3v) is 3.13. The summed E-state index contributed by atoms with van der Waals surface area (Å²) in [5.74, 6) is 0.414. The van der Waals surface area contributed by atoms with Crippen molar-refractivity contribution in [3.8, 4) is 0 Å². The quantitative estimate of drug-likeness (QED) is 0.796. The molecule has 1 aromatic heterocycles. The van der Waals surface area contributed by atoms with E-state index in [1.54, 1.807) is 18.5 Å². The Labute approximate surface area is 106 Å². The van der Waals surface area contributed by atoms with Crippen LogP contribution in [0.1, 0.15) is 13.3 Å². The molecule has 1 aromatic rings. The first kappa shape index (κ1) is 12.9. The number of carbonyl (C=O) groups excluding carboxylic acids is 1. The van der Waals surface area contributed by atoms with E-state index in [9.17, 15) is 9.90 Å². The van der Waals surface area contributed by atoms with Gasteiger partial charge in [-0.25, -0.2) is 9.97 Å². The fraction of sp³-hybridized carbons (Fsp3) is 0.583. The van der Waals surface area contributed by atoms with Crippen LogP contribution >= 0.6 is 0 Å². The molecule has 98 valence electrons. The number of carbonyl (C=O) groups is 1. The fourth-order valence-corrected chi connectivity index (χ4v) is 2.09. The molecule has 1 amide bonds. The molecule has 0 radical (unpaired) electrons. The van der Waals surface area contributed by atoms with E-state index in [2.05, 4.69) is 15.3 Å². The fourth-order valence-electron chi connectivity index (χ4n) is 2.09. The lowest BCUT2D eigenvalue weighted by Crippen LogP contribution is -2.45. The van der Waals surface area contributed by atoms with E-state index in [1.165, 1.54) is 0 Å². The minimum atomic E-state index is -0.248. The Morgan fingerprint density at radius 3 is 2.94 bits per heavy atom. The second kappa shape index (κ2) is 5.88. The Hall–Kier alpha value is -1.53. The third-order valence-electron chi connectivity index (χ3n) is 3.13. The van der Waals surface area contributed by atoms with Gasteiger partial charge in [-0.15, -0.1) is 0 Å². The number of hydrogen-bond acceptors (Lipinski definition) is 5. The second-order valence-corrected chi connectivity index (χ2v) is 4.69. The van der Waals surface area contributed by atoms with Crippen molar-refractivity contribution in [2.24, 2.45) is 5.92 Å². The van der Waals surface area contributed by atoms with Gasteiger partial charge in [0.15, 0.2) is 0 Å². The number of amides is 1. The highest BCUT2D eigenvalue weighted by Crippen LogP contribution is 2.16. The summed E-state index contributed by atoms with van der Waals surface area (Å²) in [5.41, 5.74) is 0. The van der Waals surface area contributed by atoms with E-state index in [0.29, 0.717) is 12.5 Å². The predicted octanol–water partition coefficient (Wildman–Crippen LogP) is 0.118. The van der Waals surface area contributed by atoms with Crippen LogP contribution in [-0.4, -0.2) is 51.6 Å². The highest BCUT2D eigenvalue weighted by atomic mass is 16.3. The highest BCUT2D eigenvalue weighted by Gasteiger charge is 2.25. The van der Waals surface area contributed by atoms with Gasteiger partial charge in [0.05, 0.1) is 12.6 Å². The molecule has 6 heteroatoms. The zero-order chi connectivity index (χ0) is 13.0. The number of nitrogens with one attached hydrogen (secondary N) is 1. The van der Waals surface area contributed by atoms with E-state index in [1.807, 2.05) is 11.8 Å². The van der Waals surface area contributed by atoms with Crippen LogP contribution in [-0.2, 0) is 4.79 Å². The topological polar surface area (TPSA) is 78.4 Å². The normalized spacial score (nSPS) is 24.8. The van der Waals surface area contributed by atoms with Gasteiger partial charge in [0.2, 0.25) is 11.9 Å². The Kier molecular flexibility index (Phi) is 4.22.